The molecule has 0 bridgehead atoms. The van der Waals surface area contributed by atoms with Crippen molar-refractivity contribution in [2.45, 2.75) is 18.9 Å². The standard InChI is InChI=1S/C10H12BrNO/c1-12-9-5-2-7(11)6-10(9)13-8-3-4-8/h2,5-6,8,12H,3-4H2,1H3. The molecular formula is C10H12BrNO. The molecule has 1 aliphatic rings. The Morgan fingerprint density at radius 2 is 2.23 bits per heavy atom. The maximum absolute atomic E-state index is 5.74. The summed E-state index contributed by atoms with van der Waals surface area (Å²) in [6, 6.07) is 6.03. The second kappa shape index (κ2) is 3.58. The SMILES string of the molecule is CNc1ccc(Br)cc1OC1CC1. The molecular weight excluding hydrogens is 230 g/mol. The van der Waals surface area contributed by atoms with Gasteiger partial charge in [0.2, 0.25) is 0 Å². The van der Waals surface area contributed by atoms with E-state index in [1.807, 2.05) is 25.2 Å². The number of anilines is 1. The number of rotatable bonds is 3. The summed E-state index contributed by atoms with van der Waals surface area (Å²) in [7, 11) is 1.91. The van der Waals surface area contributed by atoms with Crippen molar-refractivity contribution in [2.75, 3.05) is 12.4 Å². The summed E-state index contributed by atoms with van der Waals surface area (Å²) >= 11 is 3.43. The van der Waals surface area contributed by atoms with Gasteiger partial charge in [0.25, 0.3) is 0 Å². The minimum Gasteiger partial charge on any atom is -0.488 e. The molecule has 1 N–H and O–H groups in total. The Morgan fingerprint density at radius 1 is 1.46 bits per heavy atom. The number of benzene rings is 1. The lowest BCUT2D eigenvalue weighted by molar-refractivity contribution is 0.304. The third-order valence-corrected chi connectivity index (χ3v) is 2.52. The first-order chi connectivity index (χ1) is 6.29. The normalized spacial score (nSPS) is 15.5. The highest BCUT2D eigenvalue weighted by Crippen LogP contribution is 2.33. The largest absolute Gasteiger partial charge is 0.488 e. The van der Waals surface area contributed by atoms with E-state index in [1.165, 1.54) is 12.8 Å². The zero-order valence-corrected chi connectivity index (χ0v) is 9.10. The summed E-state index contributed by atoms with van der Waals surface area (Å²) in [5.41, 5.74) is 1.05. The van der Waals surface area contributed by atoms with Crippen LogP contribution < -0.4 is 10.1 Å². The summed E-state index contributed by atoms with van der Waals surface area (Å²) in [6.07, 6.45) is 2.83. The smallest absolute Gasteiger partial charge is 0.143 e. The molecule has 0 spiro atoms. The van der Waals surface area contributed by atoms with Crippen molar-refractivity contribution in [3.8, 4) is 5.75 Å². The Balaban J connectivity index is 2.22. The first-order valence-electron chi connectivity index (χ1n) is 4.43. The van der Waals surface area contributed by atoms with Crippen LogP contribution in [0.15, 0.2) is 22.7 Å². The molecule has 0 radical (unpaired) electrons. The Bertz CT molecular complexity index is 310. The van der Waals surface area contributed by atoms with Gasteiger partial charge in [-0.1, -0.05) is 15.9 Å². The second-order valence-electron chi connectivity index (χ2n) is 3.21. The predicted octanol–water partition coefficient (Wildman–Crippen LogP) is 3.03. The molecule has 0 saturated heterocycles. The highest BCUT2D eigenvalue weighted by molar-refractivity contribution is 9.10. The van der Waals surface area contributed by atoms with Crippen molar-refractivity contribution in [3.63, 3.8) is 0 Å². The Hall–Kier alpha value is -0.700. The van der Waals surface area contributed by atoms with Gasteiger partial charge in [0.15, 0.2) is 0 Å². The molecule has 70 valence electrons. The molecule has 1 saturated carbocycles. The highest BCUT2D eigenvalue weighted by atomic mass is 79.9. The monoisotopic (exact) mass is 241 g/mol. The van der Waals surface area contributed by atoms with E-state index in [1.54, 1.807) is 0 Å². The maximum atomic E-state index is 5.74. The molecule has 2 rings (SSSR count). The number of hydrogen-bond acceptors (Lipinski definition) is 2. The van der Waals surface area contributed by atoms with Crippen molar-refractivity contribution < 1.29 is 4.74 Å². The van der Waals surface area contributed by atoms with Crippen LogP contribution in [0.5, 0.6) is 5.75 Å². The van der Waals surface area contributed by atoms with Crippen LogP contribution in [0.2, 0.25) is 0 Å². The van der Waals surface area contributed by atoms with Crippen molar-refractivity contribution in [3.05, 3.63) is 22.7 Å². The molecule has 0 unspecified atom stereocenters. The lowest BCUT2D eigenvalue weighted by atomic mass is 10.3. The van der Waals surface area contributed by atoms with Crippen molar-refractivity contribution >= 4 is 21.6 Å². The summed E-state index contributed by atoms with van der Waals surface area (Å²) in [6.45, 7) is 0. The molecule has 1 aliphatic carbocycles. The molecule has 0 aromatic heterocycles. The molecule has 2 nitrogen and oxygen atoms in total. The zero-order valence-electron chi connectivity index (χ0n) is 7.51. The molecule has 0 amide bonds. The number of halogens is 1. The number of ether oxygens (including phenoxy) is 1. The molecule has 0 atom stereocenters. The molecule has 1 aromatic carbocycles. The van der Waals surface area contributed by atoms with E-state index in [-0.39, 0.29) is 0 Å². The van der Waals surface area contributed by atoms with E-state index >= 15 is 0 Å². The zero-order chi connectivity index (χ0) is 9.26. The van der Waals surface area contributed by atoms with Crippen LogP contribution in [0.4, 0.5) is 5.69 Å². The van der Waals surface area contributed by atoms with E-state index in [0.29, 0.717) is 6.10 Å². The van der Waals surface area contributed by atoms with E-state index < -0.39 is 0 Å². The third kappa shape index (κ3) is 2.15. The molecule has 0 heterocycles. The van der Waals surface area contributed by atoms with Gasteiger partial charge >= 0.3 is 0 Å². The van der Waals surface area contributed by atoms with Crippen molar-refractivity contribution in [1.82, 2.24) is 0 Å². The Labute approximate surface area is 86.4 Å². The van der Waals surface area contributed by atoms with Gasteiger partial charge in [-0.25, -0.2) is 0 Å². The van der Waals surface area contributed by atoms with Gasteiger partial charge in [-0.05, 0) is 31.0 Å². The van der Waals surface area contributed by atoms with Crippen molar-refractivity contribution in [2.24, 2.45) is 0 Å². The van der Waals surface area contributed by atoms with Gasteiger partial charge in [0, 0.05) is 11.5 Å². The lowest BCUT2D eigenvalue weighted by Crippen LogP contribution is -1.99. The number of nitrogens with one attached hydrogen (secondary N) is 1. The van der Waals surface area contributed by atoms with Crippen LogP contribution in [0.1, 0.15) is 12.8 Å². The topological polar surface area (TPSA) is 21.3 Å². The fourth-order valence-corrected chi connectivity index (χ4v) is 1.51. The van der Waals surface area contributed by atoms with Crippen LogP contribution in [0, 0.1) is 0 Å². The average molecular weight is 242 g/mol. The van der Waals surface area contributed by atoms with Gasteiger partial charge in [0.1, 0.15) is 5.75 Å². The fourth-order valence-electron chi connectivity index (χ4n) is 1.17. The lowest BCUT2D eigenvalue weighted by Gasteiger charge is -2.10. The van der Waals surface area contributed by atoms with Gasteiger partial charge in [-0.3, -0.25) is 0 Å². The maximum Gasteiger partial charge on any atom is 0.143 e. The first-order valence-corrected chi connectivity index (χ1v) is 5.23. The Kier molecular flexibility index (Phi) is 2.44. The minimum absolute atomic E-state index is 0.446. The van der Waals surface area contributed by atoms with Crippen LogP contribution in [-0.4, -0.2) is 13.2 Å². The van der Waals surface area contributed by atoms with Crippen LogP contribution in [0.25, 0.3) is 0 Å². The predicted molar refractivity (Wildman–Crippen MR) is 57.3 cm³/mol. The molecule has 13 heavy (non-hydrogen) atoms. The van der Waals surface area contributed by atoms with Crippen LogP contribution >= 0.6 is 15.9 Å². The van der Waals surface area contributed by atoms with Crippen LogP contribution in [-0.2, 0) is 0 Å². The molecule has 0 aliphatic heterocycles. The van der Waals surface area contributed by atoms with E-state index in [9.17, 15) is 0 Å². The van der Waals surface area contributed by atoms with Crippen LogP contribution in [0.3, 0.4) is 0 Å². The Morgan fingerprint density at radius 3 is 2.85 bits per heavy atom. The van der Waals surface area contributed by atoms with Crippen molar-refractivity contribution in [1.29, 1.82) is 0 Å². The molecule has 3 heteroatoms. The highest BCUT2D eigenvalue weighted by Gasteiger charge is 2.24. The average Bonchev–Trinajstić information content (AvgIpc) is 2.89. The van der Waals surface area contributed by atoms with Gasteiger partial charge in [0.05, 0.1) is 11.8 Å². The van der Waals surface area contributed by atoms with E-state index in [2.05, 4.69) is 21.2 Å². The van der Waals surface area contributed by atoms with Gasteiger partial charge < -0.3 is 10.1 Å². The molecule has 1 aromatic rings. The summed E-state index contributed by atoms with van der Waals surface area (Å²) in [4.78, 5) is 0. The summed E-state index contributed by atoms with van der Waals surface area (Å²) in [5.74, 6) is 0.944. The minimum atomic E-state index is 0.446. The number of hydrogen-bond donors (Lipinski definition) is 1. The van der Waals surface area contributed by atoms with Gasteiger partial charge in [-0.15, -0.1) is 0 Å². The third-order valence-electron chi connectivity index (χ3n) is 2.03. The van der Waals surface area contributed by atoms with E-state index in [0.717, 1.165) is 15.9 Å². The first kappa shape index (κ1) is 8.88. The summed E-state index contributed by atoms with van der Waals surface area (Å²) < 4.78 is 6.79. The van der Waals surface area contributed by atoms with Gasteiger partial charge in [-0.2, -0.15) is 0 Å². The summed E-state index contributed by atoms with van der Waals surface area (Å²) in [5, 5.41) is 3.11. The second-order valence-corrected chi connectivity index (χ2v) is 4.12. The fraction of sp³-hybridized carbons (Fsp3) is 0.400. The quantitative estimate of drug-likeness (QED) is 0.879. The molecule has 1 fully saturated rings. The van der Waals surface area contributed by atoms with E-state index in [4.69, 9.17) is 4.74 Å².